The number of carbonyl (C=O) groups is 2. The number of hydrogen-bond acceptors (Lipinski definition) is 4. The normalized spacial score (nSPS) is 15.0. The van der Waals surface area contributed by atoms with Crippen LogP contribution in [0.2, 0.25) is 0 Å². The van der Waals surface area contributed by atoms with Crippen LogP contribution in [0.25, 0.3) is 0 Å². The molecule has 1 amide bonds. The first-order chi connectivity index (χ1) is 13.3. The highest BCUT2D eigenvalue weighted by Gasteiger charge is 2.40. The number of carbonyl (C=O) groups excluding carboxylic acids is 1. The molecular weight excluding hydrogens is 358 g/mol. The van der Waals surface area contributed by atoms with E-state index in [9.17, 15) is 14.7 Å². The quantitative estimate of drug-likeness (QED) is 0.734. The lowest BCUT2D eigenvalue weighted by molar-refractivity contribution is -0.132. The third-order valence-corrected chi connectivity index (χ3v) is 4.75. The van der Waals surface area contributed by atoms with Gasteiger partial charge in [-0.25, -0.2) is 4.79 Å². The predicted octanol–water partition coefficient (Wildman–Crippen LogP) is 3.92. The Balaban J connectivity index is 1.68. The van der Waals surface area contributed by atoms with Gasteiger partial charge in [0, 0.05) is 6.54 Å². The summed E-state index contributed by atoms with van der Waals surface area (Å²) in [5, 5.41) is 9.20. The number of hydrogen-bond donors (Lipinski definition) is 1. The van der Waals surface area contributed by atoms with E-state index in [2.05, 4.69) is 6.92 Å². The monoisotopic (exact) mass is 383 g/mol. The number of nitrogens with zero attached hydrogens (tertiary/aromatic N) is 1. The van der Waals surface area contributed by atoms with E-state index < -0.39 is 11.6 Å². The highest BCUT2D eigenvalue weighted by molar-refractivity contribution is 6.03. The molecule has 0 spiro atoms. The number of ether oxygens (including phenoxy) is 2. The Morgan fingerprint density at radius 1 is 1.18 bits per heavy atom. The smallest absolute Gasteiger partial charge is 0.335 e. The maximum Gasteiger partial charge on any atom is 0.335 e. The average Bonchev–Trinajstić information content (AvgIpc) is 2.67. The van der Waals surface area contributed by atoms with E-state index in [1.54, 1.807) is 24.8 Å². The van der Waals surface area contributed by atoms with Gasteiger partial charge in [-0.3, -0.25) is 4.79 Å². The summed E-state index contributed by atoms with van der Waals surface area (Å²) in [7, 11) is 0. The largest absolute Gasteiger partial charge is 0.494 e. The van der Waals surface area contributed by atoms with Crippen molar-refractivity contribution in [2.45, 2.75) is 39.2 Å². The number of rotatable bonds is 7. The van der Waals surface area contributed by atoms with Gasteiger partial charge in [0.1, 0.15) is 11.5 Å². The van der Waals surface area contributed by atoms with Crippen molar-refractivity contribution in [1.29, 1.82) is 0 Å². The van der Waals surface area contributed by atoms with Crippen LogP contribution in [-0.4, -0.2) is 35.7 Å². The van der Waals surface area contributed by atoms with Crippen LogP contribution in [0.4, 0.5) is 5.69 Å². The molecule has 6 nitrogen and oxygen atoms in total. The highest BCUT2D eigenvalue weighted by Crippen LogP contribution is 2.38. The van der Waals surface area contributed by atoms with Crippen LogP contribution in [-0.2, 0) is 11.2 Å². The van der Waals surface area contributed by atoms with Crippen molar-refractivity contribution in [2.75, 3.05) is 18.1 Å². The Hall–Kier alpha value is -3.02. The Kier molecular flexibility index (Phi) is 5.58. The lowest BCUT2D eigenvalue weighted by atomic mass is 10.0. The van der Waals surface area contributed by atoms with Crippen LogP contribution in [0.3, 0.4) is 0 Å². The lowest BCUT2D eigenvalue weighted by Gasteiger charge is -2.39. The predicted molar refractivity (Wildman–Crippen MR) is 106 cm³/mol. The SMILES string of the molecule is CCc1ccc(OCCCN2C(=O)C(C)(C)Oc3cc(C(=O)O)ccc32)cc1. The summed E-state index contributed by atoms with van der Waals surface area (Å²) in [6, 6.07) is 12.5. The summed E-state index contributed by atoms with van der Waals surface area (Å²) in [6.07, 6.45) is 1.62. The van der Waals surface area contributed by atoms with E-state index in [-0.39, 0.29) is 11.5 Å². The molecule has 0 aliphatic carbocycles. The number of aryl methyl sites for hydroxylation is 1. The van der Waals surface area contributed by atoms with Crippen LogP contribution in [0.1, 0.15) is 43.1 Å². The number of amides is 1. The van der Waals surface area contributed by atoms with E-state index >= 15 is 0 Å². The first-order valence-electron chi connectivity index (χ1n) is 9.42. The Bertz CT molecular complexity index is 873. The van der Waals surface area contributed by atoms with Crippen molar-refractivity contribution in [1.82, 2.24) is 0 Å². The maximum atomic E-state index is 12.8. The molecular formula is C22H25NO5. The number of carboxylic acids is 1. The molecule has 0 unspecified atom stereocenters. The zero-order valence-corrected chi connectivity index (χ0v) is 16.4. The average molecular weight is 383 g/mol. The molecule has 0 fully saturated rings. The van der Waals surface area contributed by atoms with Crippen molar-refractivity contribution < 1.29 is 24.2 Å². The van der Waals surface area contributed by atoms with Gasteiger partial charge in [0.25, 0.3) is 5.91 Å². The van der Waals surface area contributed by atoms with E-state index in [0.717, 1.165) is 12.2 Å². The summed E-state index contributed by atoms with van der Waals surface area (Å²) in [5.74, 6) is 0.0171. The minimum absolute atomic E-state index is 0.128. The summed E-state index contributed by atoms with van der Waals surface area (Å²) in [6.45, 7) is 6.40. The molecule has 0 atom stereocenters. The highest BCUT2D eigenvalue weighted by atomic mass is 16.5. The van der Waals surface area contributed by atoms with E-state index in [1.165, 1.54) is 17.7 Å². The van der Waals surface area contributed by atoms with Crippen molar-refractivity contribution in [2.24, 2.45) is 0 Å². The molecule has 2 aromatic rings. The summed E-state index contributed by atoms with van der Waals surface area (Å²) >= 11 is 0. The van der Waals surface area contributed by atoms with Gasteiger partial charge in [-0.05, 0) is 62.6 Å². The first kappa shape index (κ1) is 19.7. The van der Waals surface area contributed by atoms with Gasteiger partial charge < -0.3 is 19.5 Å². The first-order valence-corrected chi connectivity index (χ1v) is 9.42. The molecule has 1 aliphatic heterocycles. The molecule has 0 radical (unpaired) electrons. The van der Waals surface area contributed by atoms with Crippen LogP contribution in [0.5, 0.6) is 11.5 Å². The Labute approximate surface area is 164 Å². The number of carboxylic acid groups (broad SMARTS) is 1. The fraction of sp³-hybridized carbons (Fsp3) is 0.364. The Morgan fingerprint density at radius 2 is 1.89 bits per heavy atom. The van der Waals surface area contributed by atoms with Crippen LogP contribution in [0.15, 0.2) is 42.5 Å². The molecule has 6 heteroatoms. The molecule has 1 N–H and O–H groups in total. The third kappa shape index (κ3) is 4.11. The summed E-state index contributed by atoms with van der Waals surface area (Å²) in [5.41, 5.74) is 0.913. The molecule has 0 saturated heterocycles. The molecule has 1 aliphatic rings. The van der Waals surface area contributed by atoms with Gasteiger partial charge in [0.15, 0.2) is 5.60 Å². The summed E-state index contributed by atoms with van der Waals surface area (Å²) in [4.78, 5) is 25.7. The topological polar surface area (TPSA) is 76.1 Å². The van der Waals surface area contributed by atoms with Gasteiger partial charge in [-0.1, -0.05) is 19.1 Å². The fourth-order valence-electron chi connectivity index (χ4n) is 3.16. The van der Waals surface area contributed by atoms with Gasteiger partial charge in [0.2, 0.25) is 0 Å². The minimum Gasteiger partial charge on any atom is -0.494 e. The molecule has 1 heterocycles. The van der Waals surface area contributed by atoms with Gasteiger partial charge in [-0.15, -0.1) is 0 Å². The van der Waals surface area contributed by atoms with Crippen molar-refractivity contribution in [3.05, 3.63) is 53.6 Å². The number of benzene rings is 2. The van der Waals surface area contributed by atoms with Crippen LogP contribution in [0, 0.1) is 0 Å². The number of anilines is 1. The standard InChI is InChI=1S/C22H25NO5/c1-4-15-6-9-17(10-7-15)27-13-5-12-23-18-11-8-16(20(24)25)14-19(18)28-22(2,3)21(23)26/h6-11,14H,4-5,12-13H2,1-3H3,(H,24,25). The van der Waals surface area contributed by atoms with E-state index in [0.29, 0.717) is 31.0 Å². The Morgan fingerprint density at radius 3 is 2.54 bits per heavy atom. The molecule has 0 bridgehead atoms. The van der Waals surface area contributed by atoms with Gasteiger partial charge in [-0.2, -0.15) is 0 Å². The second-order valence-electron chi connectivity index (χ2n) is 7.26. The minimum atomic E-state index is -1.05. The van der Waals surface area contributed by atoms with Gasteiger partial charge >= 0.3 is 5.97 Å². The second kappa shape index (κ2) is 7.92. The molecule has 148 valence electrons. The number of aromatic carboxylic acids is 1. The van der Waals surface area contributed by atoms with Crippen molar-refractivity contribution >= 4 is 17.6 Å². The molecule has 2 aromatic carbocycles. The van der Waals surface area contributed by atoms with Crippen LogP contribution >= 0.6 is 0 Å². The fourth-order valence-corrected chi connectivity index (χ4v) is 3.16. The number of fused-ring (bicyclic) bond motifs is 1. The second-order valence-corrected chi connectivity index (χ2v) is 7.26. The van der Waals surface area contributed by atoms with Crippen molar-refractivity contribution in [3.8, 4) is 11.5 Å². The van der Waals surface area contributed by atoms with E-state index in [4.69, 9.17) is 9.47 Å². The lowest BCUT2D eigenvalue weighted by Crippen LogP contribution is -2.53. The van der Waals surface area contributed by atoms with Crippen molar-refractivity contribution in [3.63, 3.8) is 0 Å². The molecule has 3 rings (SSSR count). The zero-order valence-electron chi connectivity index (χ0n) is 16.4. The molecule has 0 saturated carbocycles. The van der Waals surface area contributed by atoms with Gasteiger partial charge in [0.05, 0.1) is 17.9 Å². The van der Waals surface area contributed by atoms with Crippen LogP contribution < -0.4 is 14.4 Å². The summed E-state index contributed by atoms with van der Waals surface area (Å²) < 4.78 is 11.5. The maximum absolute atomic E-state index is 12.8. The zero-order chi connectivity index (χ0) is 20.3. The molecule has 28 heavy (non-hydrogen) atoms. The molecule has 0 aromatic heterocycles. The third-order valence-electron chi connectivity index (χ3n) is 4.75. The van der Waals surface area contributed by atoms with E-state index in [1.807, 2.05) is 24.3 Å².